The Labute approximate surface area is 220 Å². The number of hydrogen-bond acceptors (Lipinski definition) is 4. The molecule has 10 nitrogen and oxygen atoms in total. The molecule has 1 unspecified atom stereocenters. The Kier molecular flexibility index (Phi) is 7.22. The lowest BCUT2D eigenvalue weighted by atomic mass is 10.1. The second kappa shape index (κ2) is 10.7. The molecule has 1 aromatic heterocycles. The zero-order valence-electron chi connectivity index (χ0n) is 21.8. The molecule has 3 aromatic rings. The summed E-state index contributed by atoms with van der Waals surface area (Å²) in [5, 5.41) is 9.07. The van der Waals surface area contributed by atoms with Gasteiger partial charge in [-0.1, -0.05) is 18.2 Å². The van der Waals surface area contributed by atoms with Crippen molar-refractivity contribution >= 4 is 34.3 Å². The molecule has 0 radical (unpaired) electrons. The Hall–Kier alpha value is -4.08. The van der Waals surface area contributed by atoms with E-state index in [1.54, 1.807) is 27.7 Å². The van der Waals surface area contributed by atoms with Gasteiger partial charge in [-0.25, -0.2) is 14.4 Å². The molecule has 2 fully saturated rings. The van der Waals surface area contributed by atoms with Crippen LogP contribution in [0.2, 0.25) is 0 Å². The monoisotopic (exact) mass is 518 g/mol. The average molecular weight is 519 g/mol. The molecule has 2 heterocycles. The first-order valence-electron chi connectivity index (χ1n) is 13.3. The van der Waals surface area contributed by atoms with Crippen molar-refractivity contribution in [3.63, 3.8) is 0 Å². The largest absolute Gasteiger partial charge is 0.333 e. The topological polar surface area (TPSA) is 117 Å². The fourth-order valence-corrected chi connectivity index (χ4v) is 5.04. The number of piperidine rings is 1. The Bertz CT molecular complexity index is 1460. The molecule has 2 aromatic carbocycles. The predicted molar refractivity (Wildman–Crippen MR) is 148 cm³/mol. The van der Waals surface area contributed by atoms with E-state index in [1.165, 1.54) is 4.57 Å². The molecule has 38 heavy (non-hydrogen) atoms. The quantitative estimate of drug-likeness (QED) is 0.458. The molecule has 0 bridgehead atoms. The Morgan fingerprint density at radius 1 is 0.974 bits per heavy atom. The van der Waals surface area contributed by atoms with Crippen LogP contribution in [0, 0.1) is 5.92 Å². The molecule has 0 spiro atoms. The maximum absolute atomic E-state index is 13.3. The van der Waals surface area contributed by atoms with Crippen LogP contribution >= 0.6 is 0 Å². The van der Waals surface area contributed by atoms with Gasteiger partial charge in [0.1, 0.15) is 0 Å². The summed E-state index contributed by atoms with van der Waals surface area (Å²) in [5.41, 5.74) is 1.14. The lowest BCUT2D eigenvalue weighted by molar-refractivity contribution is 0.185. The highest BCUT2D eigenvalue weighted by molar-refractivity contribution is 5.93. The minimum Gasteiger partial charge on any atom is -0.333 e. The average Bonchev–Trinajstić information content (AvgIpc) is 3.72. The first kappa shape index (κ1) is 25.6. The maximum Gasteiger partial charge on any atom is 0.331 e. The van der Waals surface area contributed by atoms with Gasteiger partial charge in [-0.2, -0.15) is 0 Å². The van der Waals surface area contributed by atoms with Gasteiger partial charge < -0.3 is 20.9 Å². The third-order valence-electron chi connectivity index (χ3n) is 7.15. The molecule has 3 N–H and O–H groups in total. The number of benzene rings is 2. The van der Waals surface area contributed by atoms with Gasteiger partial charge in [0, 0.05) is 43.1 Å². The van der Waals surface area contributed by atoms with Crippen molar-refractivity contribution in [2.24, 2.45) is 5.92 Å². The first-order valence-corrected chi connectivity index (χ1v) is 13.3. The molecule has 2 aliphatic rings. The summed E-state index contributed by atoms with van der Waals surface area (Å²) in [4.78, 5) is 53.6. The maximum atomic E-state index is 13.3. The van der Waals surface area contributed by atoms with Crippen molar-refractivity contribution in [2.45, 2.75) is 58.2 Å². The number of amides is 4. The van der Waals surface area contributed by atoms with E-state index in [9.17, 15) is 19.2 Å². The fraction of sp³-hybridized carbons (Fsp3) is 0.429. The van der Waals surface area contributed by atoms with Gasteiger partial charge in [0.25, 0.3) is 5.56 Å². The van der Waals surface area contributed by atoms with Crippen molar-refractivity contribution < 1.29 is 9.59 Å². The highest BCUT2D eigenvalue weighted by Gasteiger charge is 2.27. The van der Waals surface area contributed by atoms with Gasteiger partial charge in [-0.05, 0) is 75.8 Å². The van der Waals surface area contributed by atoms with E-state index in [0.29, 0.717) is 47.8 Å². The number of nitrogens with one attached hydrogen (secondary N) is 3. The summed E-state index contributed by atoms with van der Waals surface area (Å²) in [6.45, 7) is 5.21. The second-order valence-corrected chi connectivity index (χ2v) is 10.5. The van der Waals surface area contributed by atoms with Gasteiger partial charge in [0.2, 0.25) is 0 Å². The number of carbonyl (C=O) groups is 2. The van der Waals surface area contributed by atoms with E-state index in [2.05, 4.69) is 16.0 Å². The van der Waals surface area contributed by atoms with Crippen molar-refractivity contribution in [3.05, 3.63) is 69.4 Å². The van der Waals surface area contributed by atoms with Crippen LogP contribution in [0.5, 0.6) is 0 Å². The number of hydrogen-bond donors (Lipinski definition) is 3. The number of nitrogens with zero attached hydrogens (tertiary/aromatic N) is 3. The molecule has 5 rings (SSSR count). The van der Waals surface area contributed by atoms with E-state index in [4.69, 9.17) is 0 Å². The summed E-state index contributed by atoms with van der Waals surface area (Å²) >= 11 is 0. The molecule has 200 valence electrons. The minimum absolute atomic E-state index is 0.117. The predicted octanol–water partition coefficient (Wildman–Crippen LogP) is 3.97. The zero-order chi connectivity index (χ0) is 26.8. The number of rotatable bonds is 6. The van der Waals surface area contributed by atoms with E-state index in [0.717, 1.165) is 25.7 Å². The number of anilines is 2. The lowest BCUT2D eigenvalue weighted by Crippen LogP contribution is -2.51. The first-order chi connectivity index (χ1) is 18.3. The molecular formula is C28H34N6O4. The van der Waals surface area contributed by atoms with Crippen LogP contribution in [0.3, 0.4) is 0 Å². The lowest BCUT2D eigenvalue weighted by Gasteiger charge is -2.33. The van der Waals surface area contributed by atoms with E-state index in [1.807, 2.05) is 44.2 Å². The standard InChI is InChI=1S/C28H34N6O4/c1-18(2)34-24-13-12-21(15-23(24)25(35)33(28(34)38)16-19-10-11-19)31-27(37)32-14-6-9-22(17-32)30-26(36)29-20-7-4-3-5-8-20/h3-5,7-8,12-13,15,18-19,22H,6,9-11,14,16-17H2,1-2H3,(H,31,37)(H2,29,30,36). The summed E-state index contributed by atoms with van der Waals surface area (Å²) in [6, 6.07) is 13.4. The Morgan fingerprint density at radius 2 is 1.74 bits per heavy atom. The van der Waals surface area contributed by atoms with Crippen LogP contribution < -0.4 is 27.2 Å². The molecule has 4 amide bonds. The minimum atomic E-state index is -0.323. The Balaban J connectivity index is 1.30. The number of urea groups is 2. The molecule has 10 heteroatoms. The number of aromatic nitrogens is 2. The number of para-hydroxylation sites is 1. The fourth-order valence-electron chi connectivity index (χ4n) is 5.04. The molecule has 1 saturated carbocycles. The summed E-state index contributed by atoms with van der Waals surface area (Å²) in [7, 11) is 0. The van der Waals surface area contributed by atoms with E-state index >= 15 is 0 Å². The third-order valence-corrected chi connectivity index (χ3v) is 7.15. The van der Waals surface area contributed by atoms with E-state index in [-0.39, 0.29) is 35.4 Å². The smallest absolute Gasteiger partial charge is 0.331 e. The normalized spacial score (nSPS) is 17.4. The molecule has 1 saturated heterocycles. The van der Waals surface area contributed by atoms with Gasteiger partial charge in [-0.3, -0.25) is 13.9 Å². The van der Waals surface area contributed by atoms with Crippen LogP contribution in [-0.4, -0.2) is 45.2 Å². The van der Waals surface area contributed by atoms with Gasteiger partial charge in [-0.15, -0.1) is 0 Å². The SMILES string of the molecule is CC(C)n1c(=O)n(CC2CC2)c(=O)c2cc(NC(=O)N3CCCC(NC(=O)Nc4ccccc4)C3)ccc21. The van der Waals surface area contributed by atoms with Crippen LogP contribution in [-0.2, 0) is 6.54 Å². The molecule has 1 atom stereocenters. The molecular weight excluding hydrogens is 484 g/mol. The van der Waals surface area contributed by atoms with Gasteiger partial charge >= 0.3 is 17.8 Å². The van der Waals surface area contributed by atoms with Crippen molar-refractivity contribution in [1.29, 1.82) is 0 Å². The summed E-state index contributed by atoms with van der Waals surface area (Å²) in [5.74, 6) is 0.372. The number of fused-ring (bicyclic) bond motifs is 1. The molecule has 1 aliphatic carbocycles. The number of carbonyl (C=O) groups excluding carboxylic acids is 2. The van der Waals surface area contributed by atoms with Crippen LogP contribution in [0.1, 0.15) is 45.6 Å². The third kappa shape index (κ3) is 5.58. The number of likely N-dealkylation sites (tertiary alicyclic amines) is 1. The summed E-state index contributed by atoms with van der Waals surface area (Å²) in [6.07, 6.45) is 3.59. The molecule has 1 aliphatic heterocycles. The highest BCUT2D eigenvalue weighted by atomic mass is 16.2. The second-order valence-electron chi connectivity index (χ2n) is 10.5. The van der Waals surface area contributed by atoms with E-state index < -0.39 is 0 Å². The summed E-state index contributed by atoms with van der Waals surface area (Å²) < 4.78 is 2.99. The van der Waals surface area contributed by atoms with Crippen LogP contribution in [0.25, 0.3) is 10.9 Å². The van der Waals surface area contributed by atoms with Crippen molar-refractivity contribution in [1.82, 2.24) is 19.4 Å². The van der Waals surface area contributed by atoms with Crippen LogP contribution in [0.15, 0.2) is 58.1 Å². The van der Waals surface area contributed by atoms with Crippen molar-refractivity contribution in [3.8, 4) is 0 Å². The zero-order valence-corrected chi connectivity index (χ0v) is 21.8. The van der Waals surface area contributed by atoms with Crippen LogP contribution in [0.4, 0.5) is 21.0 Å². The Morgan fingerprint density at radius 3 is 2.45 bits per heavy atom. The van der Waals surface area contributed by atoms with Gasteiger partial charge in [0.05, 0.1) is 10.9 Å². The highest BCUT2D eigenvalue weighted by Crippen LogP contribution is 2.30. The van der Waals surface area contributed by atoms with Crippen molar-refractivity contribution in [2.75, 3.05) is 23.7 Å². The van der Waals surface area contributed by atoms with Gasteiger partial charge in [0.15, 0.2) is 0 Å².